The summed E-state index contributed by atoms with van der Waals surface area (Å²) in [6, 6.07) is 6.96. The Kier molecular flexibility index (Phi) is 4.75. The second-order valence-electron chi connectivity index (χ2n) is 4.85. The van der Waals surface area contributed by atoms with E-state index >= 15 is 0 Å². The molecular weight excluding hydrogens is 328 g/mol. The minimum absolute atomic E-state index is 0.000926. The highest BCUT2D eigenvalue weighted by atomic mass is 32.2. The topological polar surface area (TPSA) is 68.3 Å². The van der Waals surface area contributed by atoms with Gasteiger partial charge in [-0.05, 0) is 18.9 Å². The number of hydrogen-bond donors (Lipinski definition) is 0. The van der Waals surface area contributed by atoms with Crippen molar-refractivity contribution in [2.75, 3.05) is 11.5 Å². The summed E-state index contributed by atoms with van der Waals surface area (Å²) in [6.45, 7) is 3.54. The fourth-order valence-electron chi connectivity index (χ4n) is 2.23. The first-order valence-corrected chi connectivity index (χ1v) is 10.9. The van der Waals surface area contributed by atoms with E-state index in [1.807, 2.05) is 0 Å². The van der Waals surface area contributed by atoms with E-state index in [1.165, 1.54) is 0 Å². The summed E-state index contributed by atoms with van der Waals surface area (Å²) in [7, 11) is -7.16. The maximum atomic E-state index is 12.5. The minimum Gasteiger partial charge on any atom is -0.224 e. The molecule has 1 heterocycles. The average Bonchev–Trinajstić information content (AvgIpc) is 2.79. The first-order valence-electron chi connectivity index (χ1n) is 6.80. The van der Waals surface area contributed by atoms with E-state index in [0.717, 1.165) is 11.3 Å². The molecule has 2 aromatic rings. The third-order valence-electron chi connectivity index (χ3n) is 3.06. The van der Waals surface area contributed by atoms with Crippen LogP contribution in [0.2, 0.25) is 0 Å². The number of sulfone groups is 2. The molecule has 0 N–H and O–H groups in total. The normalized spacial score (nSPS) is 12.9. The predicted octanol–water partition coefficient (Wildman–Crippen LogP) is 3.27. The quantitative estimate of drug-likeness (QED) is 0.805. The lowest BCUT2D eigenvalue weighted by molar-refractivity contribution is 0.585. The highest BCUT2D eigenvalue weighted by molar-refractivity contribution is 7.96. The van der Waals surface area contributed by atoms with Gasteiger partial charge >= 0.3 is 0 Å². The maximum absolute atomic E-state index is 12.5. The molecule has 116 valence electrons. The number of benzene rings is 1. The van der Waals surface area contributed by atoms with Crippen LogP contribution < -0.4 is 0 Å². The van der Waals surface area contributed by atoms with Crippen molar-refractivity contribution in [2.45, 2.75) is 35.8 Å². The molecule has 0 saturated heterocycles. The zero-order valence-corrected chi connectivity index (χ0v) is 14.4. The molecule has 0 spiro atoms. The molecule has 0 fully saturated rings. The van der Waals surface area contributed by atoms with Crippen molar-refractivity contribution in [3.05, 3.63) is 24.3 Å². The van der Waals surface area contributed by atoms with Gasteiger partial charge in [0.05, 0.1) is 11.5 Å². The highest BCUT2D eigenvalue weighted by Gasteiger charge is 2.30. The van der Waals surface area contributed by atoms with Crippen LogP contribution in [0.1, 0.15) is 26.7 Å². The van der Waals surface area contributed by atoms with Gasteiger partial charge in [0, 0.05) is 10.1 Å². The second-order valence-corrected chi connectivity index (χ2v) is 10.3. The SMILES string of the molecule is CCCS(=O)(=O)c1sc2ccccc2c1S(=O)(=O)CCC. The lowest BCUT2D eigenvalue weighted by Gasteiger charge is -2.06. The summed E-state index contributed by atoms with van der Waals surface area (Å²) >= 11 is 1.06. The molecule has 0 bridgehead atoms. The van der Waals surface area contributed by atoms with Crippen LogP contribution in [0.3, 0.4) is 0 Å². The van der Waals surface area contributed by atoms with Gasteiger partial charge in [0.15, 0.2) is 19.7 Å². The van der Waals surface area contributed by atoms with Gasteiger partial charge in [-0.2, -0.15) is 0 Å². The number of fused-ring (bicyclic) bond motifs is 1. The lowest BCUT2D eigenvalue weighted by Crippen LogP contribution is -2.12. The van der Waals surface area contributed by atoms with Crippen molar-refractivity contribution in [3.63, 3.8) is 0 Å². The summed E-state index contributed by atoms with van der Waals surface area (Å²) in [6.07, 6.45) is 0.920. The summed E-state index contributed by atoms with van der Waals surface area (Å²) in [5, 5.41) is 0.519. The molecule has 2 rings (SSSR count). The fourth-order valence-corrected chi connectivity index (χ4v) is 8.04. The fraction of sp³-hybridized carbons (Fsp3) is 0.429. The predicted molar refractivity (Wildman–Crippen MR) is 86.5 cm³/mol. The second kappa shape index (κ2) is 6.06. The van der Waals surface area contributed by atoms with Crippen molar-refractivity contribution in [1.82, 2.24) is 0 Å². The Morgan fingerprint density at radius 2 is 1.48 bits per heavy atom. The van der Waals surface area contributed by atoms with Crippen LogP contribution in [-0.4, -0.2) is 28.3 Å². The summed E-state index contributed by atoms with van der Waals surface area (Å²) in [4.78, 5) is -0.00148. The van der Waals surface area contributed by atoms with Crippen LogP contribution in [0.5, 0.6) is 0 Å². The molecule has 7 heteroatoms. The van der Waals surface area contributed by atoms with Gasteiger partial charge in [-0.15, -0.1) is 11.3 Å². The summed E-state index contributed by atoms with van der Waals surface area (Å²) in [5.41, 5.74) is 0. The van der Waals surface area contributed by atoms with Crippen molar-refractivity contribution < 1.29 is 16.8 Å². The van der Waals surface area contributed by atoms with Crippen molar-refractivity contribution in [3.8, 4) is 0 Å². The van der Waals surface area contributed by atoms with Crippen molar-refractivity contribution in [2.24, 2.45) is 0 Å². The van der Waals surface area contributed by atoms with Crippen LogP contribution in [0.25, 0.3) is 10.1 Å². The van der Waals surface area contributed by atoms with Crippen molar-refractivity contribution >= 4 is 41.1 Å². The lowest BCUT2D eigenvalue weighted by atomic mass is 10.3. The molecule has 0 atom stereocenters. The summed E-state index contributed by atoms with van der Waals surface area (Å²) < 4.78 is 50.6. The zero-order chi connectivity index (χ0) is 15.7. The van der Waals surface area contributed by atoms with Crippen LogP contribution in [0, 0.1) is 0 Å². The standard InChI is InChI=1S/C14H18O4S3/c1-3-9-20(15,16)13-11-7-5-6-8-12(11)19-14(13)21(17,18)10-4-2/h5-8H,3-4,9-10H2,1-2H3. The minimum atomic E-state index is -3.59. The molecule has 0 saturated carbocycles. The van der Waals surface area contributed by atoms with E-state index in [9.17, 15) is 16.8 Å². The molecule has 0 aliphatic rings. The molecule has 0 aliphatic carbocycles. The van der Waals surface area contributed by atoms with E-state index < -0.39 is 19.7 Å². The smallest absolute Gasteiger partial charge is 0.189 e. The van der Waals surface area contributed by atoms with Gasteiger partial charge in [0.25, 0.3) is 0 Å². The van der Waals surface area contributed by atoms with Gasteiger partial charge in [-0.3, -0.25) is 0 Å². The third kappa shape index (κ3) is 3.14. The van der Waals surface area contributed by atoms with Gasteiger partial charge in [0.1, 0.15) is 9.10 Å². The number of hydrogen-bond acceptors (Lipinski definition) is 5. The van der Waals surface area contributed by atoms with Gasteiger partial charge in [0.2, 0.25) is 0 Å². The average molecular weight is 346 g/mol. The van der Waals surface area contributed by atoms with E-state index in [1.54, 1.807) is 38.1 Å². The molecule has 0 radical (unpaired) electrons. The van der Waals surface area contributed by atoms with Crippen LogP contribution in [-0.2, 0) is 19.7 Å². The summed E-state index contributed by atoms with van der Waals surface area (Å²) in [5.74, 6) is -0.0726. The first kappa shape index (κ1) is 16.5. The molecule has 0 aliphatic heterocycles. The van der Waals surface area contributed by atoms with Gasteiger partial charge < -0.3 is 0 Å². The van der Waals surface area contributed by atoms with Crippen LogP contribution >= 0.6 is 11.3 Å². The molecular formula is C14H18O4S3. The Balaban J connectivity index is 2.83. The maximum Gasteiger partial charge on any atom is 0.189 e. The number of rotatable bonds is 6. The molecule has 4 nitrogen and oxygen atoms in total. The molecule has 0 unspecified atom stereocenters. The van der Waals surface area contributed by atoms with Crippen LogP contribution in [0.15, 0.2) is 33.4 Å². The van der Waals surface area contributed by atoms with E-state index in [4.69, 9.17) is 0 Å². The Labute approximate surface area is 129 Å². The number of thiophene rings is 1. The van der Waals surface area contributed by atoms with E-state index in [-0.39, 0.29) is 20.6 Å². The van der Waals surface area contributed by atoms with Gasteiger partial charge in [-0.1, -0.05) is 32.0 Å². The molecule has 0 amide bonds. The third-order valence-corrected chi connectivity index (χ3v) is 9.00. The largest absolute Gasteiger partial charge is 0.224 e. The molecule has 1 aromatic carbocycles. The Hall–Kier alpha value is -0.920. The zero-order valence-electron chi connectivity index (χ0n) is 12.0. The van der Waals surface area contributed by atoms with E-state index in [2.05, 4.69) is 0 Å². The highest BCUT2D eigenvalue weighted by Crippen LogP contribution is 2.39. The molecule has 1 aromatic heterocycles. The Morgan fingerprint density at radius 3 is 2.10 bits per heavy atom. The Morgan fingerprint density at radius 1 is 0.905 bits per heavy atom. The Bertz CT molecular complexity index is 845. The molecule has 21 heavy (non-hydrogen) atoms. The van der Waals surface area contributed by atoms with Crippen LogP contribution in [0.4, 0.5) is 0 Å². The van der Waals surface area contributed by atoms with Gasteiger partial charge in [-0.25, -0.2) is 16.8 Å². The monoisotopic (exact) mass is 346 g/mol. The van der Waals surface area contributed by atoms with Crippen molar-refractivity contribution in [1.29, 1.82) is 0 Å². The van der Waals surface area contributed by atoms with E-state index in [0.29, 0.717) is 22.9 Å². The first-order chi connectivity index (χ1) is 9.83.